The van der Waals surface area contributed by atoms with E-state index in [9.17, 15) is 0 Å². The average Bonchev–Trinajstić information content (AvgIpc) is 2.76. The third-order valence-corrected chi connectivity index (χ3v) is 3.36. The molecule has 1 aromatic rings. The second-order valence-corrected chi connectivity index (χ2v) is 4.53. The van der Waals surface area contributed by atoms with Crippen LogP contribution in [0.3, 0.4) is 0 Å². The summed E-state index contributed by atoms with van der Waals surface area (Å²) in [6.45, 7) is 3.85. The van der Waals surface area contributed by atoms with E-state index in [1.807, 2.05) is 0 Å². The van der Waals surface area contributed by atoms with Crippen LogP contribution in [0.4, 0.5) is 0 Å². The summed E-state index contributed by atoms with van der Waals surface area (Å²) in [6.07, 6.45) is 6.42. The predicted octanol–water partition coefficient (Wildman–Crippen LogP) is 0.657. The molecule has 16 heavy (non-hydrogen) atoms. The van der Waals surface area contributed by atoms with Crippen molar-refractivity contribution in [2.45, 2.75) is 57.8 Å². The lowest BCUT2D eigenvalue weighted by molar-refractivity contribution is 0.338. The van der Waals surface area contributed by atoms with E-state index >= 15 is 0 Å². The van der Waals surface area contributed by atoms with Gasteiger partial charge >= 0.3 is 0 Å². The Morgan fingerprint density at radius 3 is 2.88 bits per heavy atom. The van der Waals surface area contributed by atoms with Gasteiger partial charge < -0.3 is 15.6 Å². The van der Waals surface area contributed by atoms with Gasteiger partial charge in [-0.15, -0.1) is 10.2 Å². The number of hydrogen-bond acceptors (Lipinski definition) is 4. The molecule has 0 radical (unpaired) electrons. The Morgan fingerprint density at radius 2 is 2.19 bits per heavy atom. The van der Waals surface area contributed by atoms with Gasteiger partial charge in [-0.3, -0.25) is 0 Å². The Morgan fingerprint density at radius 1 is 1.44 bits per heavy atom. The highest BCUT2D eigenvalue weighted by molar-refractivity contribution is 4.87. The maximum atomic E-state index is 5.88. The molecule has 5 heteroatoms. The van der Waals surface area contributed by atoms with Crippen LogP contribution >= 0.6 is 0 Å². The first-order valence-corrected chi connectivity index (χ1v) is 6.15. The van der Waals surface area contributed by atoms with E-state index in [4.69, 9.17) is 5.73 Å². The first-order chi connectivity index (χ1) is 7.79. The Hall–Kier alpha value is -0.940. The molecule has 1 heterocycles. The number of rotatable bonds is 4. The molecule has 1 fully saturated rings. The number of nitrogens with two attached hydrogens (primary N) is 1. The summed E-state index contributed by atoms with van der Waals surface area (Å²) in [7, 11) is 0. The van der Waals surface area contributed by atoms with Gasteiger partial charge in [-0.05, 0) is 32.6 Å². The van der Waals surface area contributed by atoms with Crippen molar-refractivity contribution in [2.24, 2.45) is 5.73 Å². The molecule has 0 saturated heterocycles. The molecule has 0 bridgehead atoms. The molecule has 0 aromatic carbocycles. The van der Waals surface area contributed by atoms with E-state index in [2.05, 4.69) is 27.0 Å². The predicted molar refractivity (Wildman–Crippen MR) is 62.8 cm³/mol. The molecular formula is C11H21N5. The lowest BCUT2D eigenvalue weighted by Crippen LogP contribution is -2.37. The zero-order chi connectivity index (χ0) is 11.4. The molecule has 5 nitrogen and oxygen atoms in total. The van der Waals surface area contributed by atoms with Crippen molar-refractivity contribution in [2.75, 3.05) is 0 Å². The third-order valence-electron chi connectivity index (χ3n) is 3.36. The standard InChI is InChI=1S/C11H21N5/c1-2-16-8-14-15-11(16)7-13-10-5-3-9(12)4-6-10/h8-10,13H,2-7,12H2,1H3. The Kier molecular flexibility index (Phi) is 3.90. The van der Waals surface area contributed by atoms with E-state index in [0.29, 0.717) is 12.1 Å². The minimum Gasteiger partial charge on any atom is -0.328 e. The molecule has 2 rings (SSSR count). The summed E-state index contributed by atoms with van der Waals surface area (Å²) in [5.74, 6) is 1.03. The van der Waals surface area contributed by atoms with Crippen LogP contribution in [0.2, 0.25) is 0 Å². The van der Waals surface area contributed by atoms with Gasteiger partial charge in [0.25, 0.3) is 0 Å². The van der Waals surface area contributed by atoms with Crippen LogP contribution in [0.25, 0.3) is 0 Å². The summed E-state index contributed by atoms with van der Waals surface area (Å²) < 4.78 is 2.07. The van der Waals surface area contributed by atoms with Crippen LogP contribution in [0, 0.1) is 0 Å². The monoisotopic (exact) mass is 223 g/mol. The summed E-state index contributed by atoms with van der Waals surface area (Å²) >= 11 is 0. The molecular weight excluding hydrogens is 202 g/mol. The zero-order valence-electron chi connectivity index (χ0n) is 9.89. The highest BCUT2D eigenvalue weighted by Crippen LogP contribution is 2.17. The lowest BCUT2D eigenvalue weighted by Gasteiger charge is -2.26. The minimum absolute atomic E-state index is 0.414. The van der Waals surface area contributed by atoms with E-state index in [0.717, 1.165) is 31.8 Å². The van der Waals surface area contributed by atoms with Crippen LogP contribution in [0.15, 0.2) is 6.33 Å². The number of nitrogens with zero attached hydrogens (tertiary/aromatic N) is 3. The topological polar surface area (TPSA) is 68.8 Å². The SMILES string of the molecule is CCn1cnnc1CNC1CCC(N)CC1. The van der Waals surface area contributed by atoms with Crippen LogP contribution < -0.4 is 11.1 Å². The highest BCUT2D eigenvalue weighted by atomic mass is 15.3. The fourth-order valence-corrected chi connectivity index (χ4v) is 2.24. The molecule has 3 N–H and O–H groups in total. The van der Waals surface area contributed by atoms with Crippen molar-refractivity contribution in [1.29, 1.82) is 0 Å². The van der Waals surface area contributed by atoms with E-state index < -0.39 is 0 Å². The third kappa shape index (κ3) is 2.80. The molecule has 1 aliphatic carbocycles. The number of hydrogen-bond donors (Lipinski definition) is 2. The lowest BCUT2D eigenvalue weighted by atomic mass is 9.92. The maximum absolute atomic E-state index is 5.88. The Labute approximate surface area is 96.4 Å². The molecule has 0 atom stereocenters. The number of aromatic nitrogens is 3. The van der Waals surface area contributed by atoms with Crippen LogP contribution in [0.5, 0.6) is 0 Å². The molecule has 0 aliphatic heterocycles. The zero-order valence-corrected chi connectivity index (χ0v) is 9.89. The average molecular weight is 223 g/mol. The van der Waals surface area contributed by atoms with E-state index in [-0.39, 0.29) is 0 Å². The van der Waals surface area contributed by atoms with Crippen molar-refractivity contribution >= 4 is 0 Å². The highest BCUT2D eigenvalue weighted by Gasteiger charge is 2.18. The molecule has 0 unspecified atom stereocenters. The van der Waals surface area contributed by atoms with Gasteiger partial charge in [-0.2, -0.15) is 0 Å². The molecule has 90 valence electrons. The van der Waals surface area contributed by atoms with Gasteiger partial charge in [0.05, 0.1) is 6.54 Å². The molecule has 0 amide bonds. The van der Waals surface area contributed by atoms with Crippen molar-refractivity contribution in [3.8, 4) is 0 Å². The largest absolute Gasteiger partial charge is 0.328 e. The molecule has 1 aromatic heterocycles. The smallest absolute Gasteiger partial charge is 0.146 e. The van der Waals surface area contributed by atoms with Crippen molar-refractivity contribution in [3.63, 3.8) is 0 Å². The Bertz CT molecular complexity index is 314. The van der Waals surface area contributed by atoms with Gasteiger partial charge in [-0.1, -0.05) is 0 Å². The summed E-state index contributed by atoms with van der Waals surface area (Å²) in [5, 5.41) is 11.6. The quantitative estimate of drug-likeness (QED) is 0.786. The van der Waals surface area contributed by atoms with Gasteiger partial charge in [0.1, 0.15) is 12.2 Å². The summed E-state index contributed by atoms with van der Waals surface area (Å²) in [6, 6.07) is 1.01. The fraction of sp³-hybridized carbons (Fsp3) is 0.818. The van der Waals surface area contributed by atoms with Crippen LogP contribution in [-0.2, 0) is 13.1 Å². The molecule has 1 saturated carbocycles. The normalized spacial score (nSPS) is 25.9. The first kappa shape index (κ1) is 11.5. The van der Waals surface area contributed by atoms with Gasteiger partial charge in [0.15, 0.2) is 0 Å². The van der Waals surface area contributed by atoms with Crippen molar-refractivity contribution in [3.05, 3.63) is 12.2 Å². The van der Waals surface area contributed by atoms with E-state index in [1.54, 1.807) is 6.33 Å². The summed E-state index contributed by atoms with van der Waals surface area (Å²) in [5.41, 5.74) is 5.88. The van der Waals surface area contributed by atoms with Crippen molar-refractivity contribution < 1.29 is 0 Å². The summed E-state index contributed by atoms with van der Waals surface area (Å²) in [4.78, 5) is 0. The van der Waals surface area contributed by atoms with Gasteiger partial charge in [0.2, 0.25) is 0 Å². The van der Waals surface area contributed by atoms with E-state index in [1.165, 1.54) is 12.8 Å². The van der Waals surface area contributed by atoms with Crippen molar-refractivity contribution in [1.82, 2.24) is 20.1 Å². The maximum Gasteiger partial charge on any atom is 0.146 e. The van der Waals surface area contributed by atoms with Crippen LogP contribution in [0.1, 0.15) is 38.4 Å². The van der Waals surface area contributed by atoms with Gasteiger partial charge in [-0.25, -0.2) is 0 Å². The minimum atomic E-state index is 0.414. The van der Waals surface area contributed by atoms with Gasteiger partial charge in [0, 0.05) is 18.6 Å². The number of aryl methyl sites for hydroxylation is 1. The first-order valence-electron chi connectivity index (χ1n) is 6.15. The Balaban J connectivity index is 1.79. The second-order valence-electron chi connectivity index (χ2n) is 4.53. The molecule has 0 spiro atoms. The molecule has 1 aliphatic rings. The fourth-order valence-electron chi connectivity index (χ4n) is 2.24. The number of nitrogens with one attached hydrogen (secondary N) is 1. The second kappa shape index (κ2) is 5.41. The van der Waals surface area contributed by atoms with Crippen LogP contribution in [-0.4, -0.2) is 26.8 Å².